The summed E-state index contributed by atoms with van der Waals surface area (Å²) in [5, 5.41) is 24.9. The normalized spacial score (nSPS) is 13.0. The molecular weight excluding hydrogens is 450 g/mol. The molecule has 0 aliphatic rings. The second kappa shape index (κ2) is 11.7. The fourth-order valence-electron chi connectivity index (χ4n) is 3.50. The third kappa shape index (κ3) is 7.71. The number of nitrogens with one attached hydrogen (secondary N) is 2. The van der Waals surface area contributed by atoms with E-state index in [2.05, 4.69) is 10.6 Å². The van der Waals surface area contributed by atoms with E-state index < -0.39 is 48.2 Å². The van der Waals surface area contributed by atoms with Crippen LogP contribution < -0.4 is 10.6 Å². The summed E-state index contributed by atoms with van der Waals surface area (Å²) in [6, 6.07) is 10.3. The molecule has 0 fully saturated rings. The van der Waals surface area contributed by atoms with Gasteiger partial charge in [-0.25, -0.2) is 4.79 Å². The van der Waals surface area contributed by atoms with Gasteiger partial charge in [0.15, 0.2) is 0 Å². The Balaban J connectivity index is 2.45. The minimum absolute atomic E-state index is 0.00839. The molecule has 0 radical (unpaired) electrons. The largest absolute Gasteiger partial charge is 0.508 e. The Kier molecular flexibility index (Phi) is 9.25. The van der Waals surface area contributed by atoms with Crippen LogP contribution in [0.15, 0.2) is 48.5 Å². The number of hydrogen-bond donors (Lipinski definition) is 4. The molecule has 3 amide bonds. The second-order valence-corrected chi connectivity index (χ2v) is 9.52. The van der Waals surface area contributed by atoms with Gasteiger partial charge in [0.25, 0.3) is 5.91 Å². The first-order valence-electron chi connectivity index (χ1n) is 11.4. The maximum Gasteiger partial charge on any atom is 0.408 e. The topological polar surface area (TPSA) is 128 Å². The number of carbonyl (C=O) groups excluding carboxylic acids is 3. The van der Waals surface area contributed by atoms with Gasteiger partial charge in [0.2, 0.25) is 5.91 Å². The van der Waals surface area contributed by atoms with E-state index in [0.29, 0.717) is 11.3 Å². The molecule has 0 aromatic heterocycles. The zero-order valence-electron chi connectivity index (χ0n) is 21.0. The number of phenolic OH excluding ortho intramolecular Hbond substituents is 1. The molecule has 190 valence electrons. The second-order valence-electron chi connectivity index (χ2n) is 9.52. The fraction of sp³-hybridized carbons (Fsp3) is 0.423. The lowest BCUT2D eigenvalue weighted by Gasteiger charge is -2.37. The number of alkyl carbamates (subject to hydrolysis) is 1. The number of carbonyl (C=O) groups is 3. The summed E-state index contributed by atoms with van der Waals surface area (Å²) in [5.41, 5.74) is 1.08. The number of ether oxygens (including phenoxy) is 1. The first-order valence-corrected chi connectivity index (χ1v) is 11.4. The van der Waals surface area contributed by atoms with Gasteiger partial charge in [0.1, 0.15) is 23.4 Å². The number of aliphatic hydroxyl groups excluding tert-OH is 1. The average Bonchev–Trinajstić information content (AvgIpc) is 2.76. The van der Waals surface area contributed by atoms with Crippen LogP contribution in [0, 0.1) is 6.92 Å². The Morgan fingerprint density at radius 3 is 2.14 bits per heavy atom. The van der Waals surface area contributed by atoms with Gasteiger partial charge in [-0.2, -0.15) is 0 Å². The standard InChI is InChI=1S/C26H35N3O6/c1-16(2)29(24(33)21(15-30)28-25(34)35-26(4,5)6)22(18-11-13-19(31)14-12-18)23(32)27-20-10-8-7-9-17(20)3/h7-14,16,21-22,30-31H,15H2,1-6H3,(H,27,32)(H,28,34). The molecule has 0 spiro atoms. The maximum atomic E-state index is 13.6. The van der Waals surface area contributed by atoms with E-state index in [9.17, 15) is 24.6 Å². The molecule has 0 aliphatic heterocycles. The lowest BCUT2D eigenvalue weighted by atomic mass is 10.0. The minimum atomic E-state index is -1.34. The van der Waals surface area contributed by atoms with Crippen molar-refractivity contribution in [2.45, 2.75) is 65.3 Å². The maximum absolute atomic E-state index is 13.6. The van der Waals surface area contributed by atoms with Gasteiger partial charge in [-0.3, -0.25) is 9.59 Å². The number of para-hydroxylation sites is 1. The van der Waals surface area contributed by atoms with Gasteiger partial charge in [0, 0.05) is 11.7 Å². The number of phenols is 1. The number of anilines is 1. The van der Waals surface area contributed by atoms with Crippen LogP contribution in [0.4, 0.5) is 10.5 Å². The highest BCUT2D eigenvalue weighted by atomic mass is 16.6. The smallest absolute Gasteiger partial charge is 0.408 e. The van der Waals surface area contributed by atoms with Crippen LogP contribution in [0.3, 0.4) is 0 Å². The van der Waals surface area contributed by atoms with Gasteiger partial charge in [0.05, 0.1) is 6.61 Å². The summed E-state index contributed by atoms with van der Waals surface area (Å²) in [6.07, 6.45) is -0.862. The first-order chi connectivity index (χ1) is 16.3. The molecule has 35 heavy (non-hydrogen) atoms. The van der Waals surface area contributed by atoms with Crippen molar-refractivity contribution in [2.75, 3.05) is 11.9 Å². The first kappa shape index (κ1) is 27.7. The van der Waals surface area contributed by atoms with Crippen LogP contribution in [-0.4, -0.2) is 57.3 Å². The fourth-order valence-corrected chi connectivity index (χ4v) is 3.50. The highest BCUT2D eigenvalue weighted by Gasteiger charge is 2.37. The number of amides is 3. The SMILES string of the molecule is Cc1ccccc1NC(=O)C(c1ccc(O)cc1)N(C(=O)C(CO)NC(=O)OC(C)(C)C)C(C)C. The minimum Gasteiger partial charge on any atom is -0.508 e. The third-order valence-corrected chi connectivity index (χ3v) is 5.12. The molecule has 9 heteroatoms. The number of aryl methyl sites for hydroxylation is 1. The van der Waals surface area contributed by atoms with E-state index in [-0.39, 0.29) is 5.75 Å². The molecule has 0 heterocycles. The number of rotatable bonds is 8. The van der Waals surface area contributed by atoms with Gasteiger partial charge < -0.3 is 30.5 Å². The van der Waals surface area contributed by atoms with E-state index in [1.165, 1.54) is 17.0 Å². The highest BCUT2D eigenvalue weighted by molar-refractivity contribution is 5.99. The van der Waals surface area contributed by atoms with Crippen LogP contribution in [-0.2, 0) is 14.3 Å². The van der Waals surface area contributed by atoms with E-state index in [1.54, 1.807) is 58.9 Å². The van der Waals surface area contributed by atoms with E-state index in [4.69, 9.17) is 4.74 Å². The van der Waals surface area contributed by atoms with Crippen molar-refractivity contribution in [3.8, 4) is 5.75 Å². The summed E-state index contributed by atoms with van der Waals surface area (Å²) < 4.78 is 5.22. The van der Waals surface area contributed by atoms with Gasteiger partial charge >= 0.3 is 6.09 Å². The van der Waals surface area contributed by atoms with Crippen LogP contribution in [0.5, 0.6) is 5.75 Å². The molecule has 0 aliphatic carbocycles. The highest BCUT2D eigenvalue weighted by Crippen LogP contribution is 2.28. The average molecular weight is 486 g/mol. The van der Waals surface area contributed by atoms with Crippen LogP contribution in [0.2, 0.25) is 0 Å². The van der Waals surface area contributed by atoms with E-state index in [1.807, 2.05) is 19.1 Å². The number of aliphatic hydroxyl groups is 1. The molecule has 2 rings (SSSR count). The van der Waals surface area contributed by atoms with Gasteiger partial charge in [-0.05, 0) is 70.9 Å². The van der Waals surface area contributed by atoms with Crippen molar-refractivity contribution >= 4 is 23.6 Å². The third-order valence-electron chi connectivity index (χ3n) is 5.12. The van der Waals surface area contributed by atoms with E-state index >= 15 is 0 Å². The Morgan fingerprint density at radius 1 is 1.03 bits per heavy atom. The molecular formula is C26H35N3O6. The quantitative estimate of drug-likeness (QED) is 0.453. The zero-order chi connectivity index (χ0) is 26.3. The summed E-state index contributed by atoms with van der Waals surface area (Å²) in [6.45, 7) is 9.66. The lowest BCUT2D eigenvalue weighted by molar-refractivity contribution is -0.143. The van der Waals surface area contributed by atoms with Crippen molar-refractivity contribution < 1.29 is 29.3 Å². The number of nitrogens with zero attached hydrogens (tertiary/aromatic N) is 1. The van der Waals surface area contributed by atoms with Crippen LogP contribution >= 0.6 is 0 Å². The monoisotopic (exact) mass is 485 g/mol. The van der Waals surface area contributed by atoms with Crippen molar-refractivity contribution in [2.24, 2.45) is 0 Å². The Labute approximate surface area is 206 Å². The molecule has 2 unspecified atom stereocenters. The Bertz CT molecular complexity index is 1030. The molecule has 2 aromatic carbocycles. The molecule has 9 nitrogen and oxygen atoms in total. The number of hydrogen-bond acceptors (Lipinski definition) is 6. The predicted octanol–water partition coefficient (Wildman–Crippen LogP) is 3.50. The van der Waals surface area contributed by atoms with Crippen molar-refractivity contribution in [1.29, 1.82) is 0 Å². The van der Waals surface area contributed by atoms with Crippen molar-refractivity contribution in [3.05, 3.63) is 59.7 Å². The Hall–Kier alpha value is -3.59. The summed E-state index contributed by atoms with van der Waals surface area (Å²) >= 11 is 0. The van der Waals surface area contributed by atoms with Crippen molar-refractivity contribution in [3.63, 3.8) is 0 Å². The Morgan fingerprint density at radius 2 is 1.63 bits per heavy atom. The van der Waals surface area contributed by atoms with E-state index in [0.717, 1.165) is 5.56 Å². The summed E-state index contributed by atoms with van der Waals surface area (Å²) in [4.78, 5) is 40.8. The van der Waals surface area contributed by atoms with Gasteiger partial charge in [-0.15, -0.1) is 0 Å². The lowest BCUT2D eigenvalue weighted by Crippen LogP contribution is -2.55. The molecule has 0 saturated carbocycles. The zero-order valence-corrected chi connectivity index (χ0v) is 21.0. The van der Waals surface area contributed by atoms with Gasteiger partial charge in [-0.1, -0.05) is 30.3 Å². The summed E-state index contributed by atoms with van der Waals surface area (Å²) in [5.74, 6) is -1.14. The van der Waals surface area contributed by atoms with Crippen LogP contribution in [0.1, 0.15) is 51.8 Å². The molecule has 0 saturated heterocycles. The molecule has 2 atom stereocenters. The predicted molar refractivity (Wildman–Crippen MR) is 133 cm³/mol. The van der Waals surface area contributed by atoms with Crippen LogP contribution in [0.25, 0.3) is 0 Å². The summed E-state index contributed by atoms with van der Waals surface area (Å²) in [7, 11) is 0. The van der Waals surface area contributed by atoms with Crippen molar-refractivity contribution in [1.82, 2.24) is 10.2 Å². The number of aromatic hydroxyl groups is 1. The molecule has 2 aromatic rings. The molecule has 0 bridgehead atoms. The number of benzene rings is 2. The molecule has 4 N–H and O–H groups in total.